The number of H-pyrrole nitrogens is 1. The van der Waals surface area contributed by atoms with Gasteiger partial charge in [-0.15, -0.1) is 0 Å². The molecule has 1 aliphatic carbocycles. The highest BCUT2D eigenvalue weighted by atomic mass is 32.1. The average Bonchev–Trinajstić information content (AvgIpc) is 2.59. The second kappa shape index (κ2) is 5.15. The Bertz CT molecular complexity index is 390. The fraction of sp³-hybridized carbons (Fsp3) is 0.750. The molecule has 0 unspecified atom stereocenters. The zero-order chi connectivity index (χ0) is 11.5. The summed E-state index contributed by atoms with van der Waals surface area (Å²) in [5, 5.41) is 0. The third-order valence-electron chi connectivity index (χ3n) is 3.51. The zero-order valence-corrected chi connectivity index (χ0v) is 10.9. The van der Waals surface area contributed by atoms with Crippen molar-refractivity contribution < 1.29 is 0 Å². The van der Waals surface area contributed by atoms with Crippen molar-refractivity contribution in [1.29, 1.82) is 0 Å². The van der Waals surface area contributed by atoms with Gasteiger partial charge in [-0.3, -0.25) is 9.69 Å². The van der Waals surface area contributed by atoms with E-state index in [2.05, 4.69) is 16.9 Å². The van der Waals surface area contributed by atoms with Gasteiger partial charge in [-0.25, -0.2) is 0 Å². The highest BCUT2D eigenvalue weighted by molar-refractivity contribution is 7.09. The quantitative estimate of drug-likeness (QED) is 0.881. The van der Waals surface area contributed by atoms with Gasteiger partial charge in [-0.1, -0.05) is 30.6 Å². The molecule has 1 N–H and O–H groups in total. The summed E-state index contributed by atoms with van der Waals surface area (Å²) in [5.41, 5.74) is 1.04. The van der Waals surface area contributed by atoms with Crippen LogP contribution in [0.3, 0.4) is 0 Å². The van der Waals surface area contributed by atoms with E-state index < -0.39 is 0 Å². The van der Waals surface area contributed by atoms with Gasteiger partial charge in [0.1, 0.15) is 0 Å². The number of thiazole rings is 1. The molecule has 0 spiro atoms. The predicted octanol–water partition coefficient (Wildman–Crippen LogP) is 2.51. The summed E-state index contributed by atoms with van der Waals surface area (Å²) < 4.78 is 0. The fourth-order valence-corrected chi connectivity index (χ4v) is 3.37. The van der Waals surface area contributed by atoms with Gasteiger partial charge < -0.3 is 4.98 Å². The second-order valence-corrected chi connectivity index (χ2v) is 5.84. The molecule has 0 bridgehead atoms. The van der Waals surface area contributed by atoms with E-state index in [1.165, 1.54) is 48.3 Å². The molecular formula is C12H20N2OS. The van der Waals surface area contributed by atoms with Gasteiger partial charge in [0, 0.05) is 23.2 Å². The molecule has 1 fully saturated rings. The Morgan fingerprint density at radius 2 is 2.06 bits per heavy atom. The molecule has 1 saturated carbocycles. The lowest BCUT2D eigenvalue weighted by Crippen LogP contribution is -2.32. The van der Waals surface area contributed by atoms with Crippen molar-refractivity contribution in [3.63, 3.8) is 0 Å². The number of hydrogen-bond donors (Lipinski definition) is 1. The molecule has 1 aliphatic rings. The second-order valence-electron chi connectivity index (χ2n) is 4.77. The first kappa shape index (κ1) is 11.9. The molecule has 0 atom stereocenters. The zero-order valence-electron chi connectivity index (χ0n) is 10.1. The Labute approximate surface area is 100 Å². The number of nitrogens with zero attached hydrogens (tertiary/aromatic N) is 1. The Hall–Kier alpha value is -0.610. The first-order valence-electron chi connectivity index (χ1n) is 6.05. The van der Waals surface area contributed by atoms with Gasteiger partial charge in [0.2, 0.25) is 0 Å². The normalized spacial score (nSPS) is 18.2. The van der Waals surface area contributed by atoms with E-state index >= 15 is 0 Å². The van der Waals surface area contributed by atoms with Gasteiger partial charge in [-0.2, -0.15) is 0 Å². The topological polar surface area (TPSA) is 36.1 Å². The minimum atomic E-state index is 0.0737. The first-order valence-corrected chi connectivity index (χ1v) is 6.87. The molecular weight excluding hydrogens is 220 g/mol. The predicted molar refractivity (Wildman–Crippen MR) is 68.0 cm³/mol. The largest absolute Gasteiger partial charge is 0.317 e. The van der Waals surface area contributed by atoms with Crippen molar-refractivity contribution in [1.82, 2.24) is 9.88 Å². The van der Waals surface area contributed by atoms with E-state index in [0.29, 0.717) is 6.04 Å². The number of nitrogens with one attached hydrogen (secondary N) is 1. The van der Waals surface area contributed by atoms with Crippen LogP contribution in [0.4, 0.5) is 0 Å². The third-order valence-corrected chi connectivity index (χ3v) is 4.48. The van der Waals surface area contributed by atoms with Gasteiger partial charge in [-0.05, 0) is 26.8 Å². The van der Waals surface area contributed by atoms with Gasteiger partial charge in [0.05, 0.1) is 0 Å². The van der Waals surface area contributed by atoms with E-state index in [1.54, 1.807) is 0 Å². The summed E-state index contributed by atoms with van der Waals surface area (Å²) in [7, 11) is 2.18. The number of rotatable bonds is 3. The van der Waals surface area contributed by atoms with E-state index in [4.69, 9.17) is 0 Å². The van der Waals surface area contributed by atoms with Crippen molar-refractivity contribution >= 4 is 11.3 Å². The fourth-order valence-electron chi connectivity index (χ4n) is 2.47. The van der Waals surface area contributed by atoms with Crippen LogP contribution in [0, 0.1) is 6.92 Å². The summed E-state index contributed by atoms with van der Waals surface area (Å²) in [6.45, 7) is 2.90. The van der Waals surface area contributed by atoms with Crippen LogP contribution in [0.15, 0.2) is 4.79 Å². The molecule has 16 heavy (non-hydrogen) atoms. The molecule has 0 aromatic carbocycles. The minimum Gasteiger partial charge on any atom is -0.317 e. The summed E-state index contributed by atoms with van der Waals surface area (Å²) in [5.74, 6) is 0. The highest BCUT2D eigenvalue weighted by Gasteiger charge is 2.19. The minimum absolute atomic E-state index is 0.0737. The standard InChI is InChI=1S/C12H20N2OS/c1-9-11(16-12(15)13-9)8-14(2)10-6-4-3-5-7-10/h10H,3-8H2,1-2H3,(H,13,15). The molecule has 0 radical (unpaired) electrons. The number of aryl methyl sites for hydroxylation is 1. The van der Waals surface area contributed by atoms with Crippen molar-refractivity contribution in [2.24, 2.45) is 0 Å². The number of aromatic amines is 1. The van der Waals surface area contributed by atoms with Crippen LogP contribution < -0.4 is 4.87 Å². The van der Waals surface area contributed by atoms with E-state index in [1.807, 2.05) is 6.92 Å². The van der Waals surface area contributed by atoms with Gasteiger partial charge in [0.15, 0.2) is 0 Å². The maximum absolute atomic E-state index is 11.2. The molecule has 4 heteroatoms. The SMILES string of the molecule is Cc1[nH]c(=O)sc1CN(C)C1CCCCC1. The molecule has 90 valence electrons. The lowest BCUT2D eigenvalue weighted by atomic mass is 9.94. The Balaban J connectivity index is 1.98. The molecule has 2 rings (SSSR count). The number of aromatic nitrogens is 1. The van der Waals surface area contributed by atoms with Crippen LogP contribution in [0.1, 0.15) is 42.7 Å². The van der Waals surface area contributed by atoms with Gasteiger partial charge >= 0.3 is 4.87 Å². The molecule has 1 aromatic heterocycles. The Kier molecular flexibility index (Phi) is 3.82. The average molecular weight is 240 g/mol. The smallest absolute Gasteiger partial charge is 0.304 e. The van der Waals surface area contributed by atoms with Crippen LogP contribution in [0.25, 0.3) is 0 Å². The van der Waals surface area contributed by atoms with Crippen LogP contribution in [-0.4, -0.2) is 23.0 Å². The molecule has 3 nitrogen and oxygen atoms in total. The highest BCUT2D eigenvalue weighted by Crippen LogP contribution is 2.23. The summed E-state index contributed by atoms with van der Waals surface area (Å²) in [6, 6.07) is 0.713. The van der Waals surface area contributed by atoms with Gasteiger partial charge in [0.25, 0.3) is 0 Å². The van der Waals surface area contributed by atoms with Crippen LogP contribution >= 0.6 is 11.3 Å². The van der Waals surface area contributed by atoms with E-state index in [9.17, 15) is 4.79 Å². The van der Waals surface area contributed by atoms with Crippen LogP contribution in [0.2, 0.25) is 0 Å². The molecule has 0 aliphatic heterocycles. The Morgan fingerprint density at radius 1 is 1.38 bits per heavy atom. The number of hydrogen-bond acceptors (Lipinski definition) is 3. The Morgan fingerprint density at radius 3 is 2.62 bits per heavy atom. The molecule has 0 saturated heterocycles. The van der Waals surface area contributed by atoms with Crippen molar-refractivity contribution in [3.8, 4) is 0 Å². The monoisotopic (exact) mass is 240 g/mol. The first-order chi connectivity index (χ1) is 7.66. The van der Waals surface area contributed by atoms with E-state index in [0.717, 1.165) is 12.2 Å². The van der Waals surface area contributed by atoms with Crippen LogP contribution in [-0.2, 0) is 6.54 Å². The molecule has 1 heterocycles. The molecule has 0 amide bonds. The maximum Gasteiger partial charge on any atom is 0.304 e. The molecule has 1 aromatic rings. The summed E-state index contributed by atoms with van der Waals surface area (Å²) in [4.78, 5) is 17.7. The third kappa shape index (κ3) is 2.74. The maximum atomic E-state index is 11.2. The lowest BCUT2D eigenvalue weighted by Gasteiger charge is -2.30. The van der Waals surface area contributed by atoms with Crippen molar-refractivity contribution in [2.45, 2.75) is 51.6 Å². The van der Waals surface area contributed by atoms with E-state index in [-0.39, 0.29) is 4.87 Å². The lowest BCUT2D eigenvalue weighted by molar-refractivity contribution is 0.185. The summed E-state index contributed by atoms with van der Waals surface area (Å²) >= 11 is 1.35. The van der Waals surface area contributed by atoms with Crippen molar-refractivity contribution in [3.05, 3.63) is 20.2 Å². The van der Waals surface area contributed by atoms with Crippen LogP contribution in [0.5, 0.6) is 0 Å². The summed E-state index contributed by atoms with van der Waals surface area (Å²) in [6.07, 6.45) is 6.74. The van der Waals surface area contributed by atoms with Crippen molar-refractivity contribution in [2.75, 3.05) is 7.05 Å².